The number of amides is 5. The molecule has 1 aromatic carbocycles. The molecule has 346 valence electrons. The van der Waals surface area contributed by atoms with Crippen molar-refractivity contribution in [3.63, 3.8) is 0 Å². The number of carboxylic acid groups (broad SMARTS) is 1. The van der Waals surface area contributed by atoms with Crippen molar-refractivity contribution in [1.29, 1.82) is 0 Å². The van der Waals surface area contributed by atoms with Crippen molar-refractivity contribution < 1.29 is 43.3 Å². The predicted octanol–water partition coefficient (Wildman–Crippen LogP) is 4.17. The summed E-state index contributed by atoms with van der Waals surface area (Å²) < 4.78 is 11.9. The molecule has 0 spiro atoms. The van der Waals surface area contributed by atoms with Crippen LogP contribution < -0.4 is 16.4 Å². The van der Waals surface area contributed by atoms with E-state index in [-0.39, 0.29) is 48.3 Å². The molecule has 61 heavy (non-hydrogen) atoms. The van der Waals surface area contributed by atoms with Gasteiger partial charge in [0.15, 0.2) is 0 Å². The average Bonchev–Trinajstić information content (AvgIpc) is 3.70. The van der Waals surface area contributed by atoms with Gasteiger partial charge in [-0.05, 0) is 62.5 Å². The van der Waals surface area contributed by atoms with Crippen molar-refractivity contribution >= 4 is 35.5 Å². The second-order valence-corrected chi connectivity index (χ2v) is 17.7. The van der Waals surface area contributed by atoms with Crippen LogP contribution >= 0.6 is 0 Å². The Labute approximate surface area is 365 Å². The van der Waals surface area contributed by atoms with Gasteiger partial charge < -0.3 is 45.6 Å². The molecule has 0 aromatic heterocycles. The molecule has 1 heterocycles. The van der Waals surface area contributed by atoms with Gasteiger partial charge >= 0.3 is 5.97 Å². The van der Waals surface area contributed by atoms with Gasteiger partial charge in [0.2, 0.25) is 29.5 Å². The number of carbonyl (C=O) groups excluding carboxylic acids is 5. The first kappa shape index (κ1) is 53.1. The number of hydrogen-bond acceptors (Lipinski definition) is 9. The lowest BCUT2D eigenvalue weighted by atomic mass is 9.89. The standard InChI is InChI=1S/C46H78N6O9/c1-13-31(7)41(51(10)45(57)39(28(2)3)49-44(56)40(29(4)5)50(9)37(53)19-15-14-16-24-47)36(60-11)27-38(54)52-25-17-18-35(52)42(61-12)32(8)43(55)48-34(46(58)59)26-33-22-20-30(6)21-23-33/h20-23,28-29,31-32,34-36,39-42H,13-19,24-27,47H2,1-12H3,(H,48,55)(H,49,56)(H,58,59)/t31-,32+,34-,35-,36+,39-,40-,41-,42+/m0/s1. The number of benzene rings is 1. The highest BCUT2D eigenvalue weighted by Gasteiger charge is 2.43. The summed E-state index contributed by atoms with van der Waals surface area (Å²) in [6.45, 7) is 16.1. The predicted molar refractivity (Wildman–Crippen MR) is 236 cm³/mol. The molecule has 2 rings (SSSR count). The number of likely N-dealkylation sites (tertiary alicyclic amines) is 1. The molecule has 0 unspecified atom stereocenters. The highest BCUT2D eigenvalue weighted by Crippen LogP contribution is 2.30. The van der Waals surface area contributed by atoms with Crippen LogP contribution in [0.25, 0.3) is 0 Å². The minimum atomic E-state index is -1.15. The Morgan fingerprint density at radius 1 is 0.885 bits per heavy atom. The van der Waals surface area contributed by atoms with Crippen LogP contribution in [0.2, 0.25) is 0 Å². The van der Waals surface area contributed by atoms with Gasteiger partial charge in [0, 0.05) is 47.7 Å². The number of ether oxygens (including phenoxy) is 2. The summed E-state index contributed by atoms with van der Waals surface area (Å²) in [5.74, 6) is -4.14. The van der Waals surface area contributed by atoms with Crippen molar-refractivity contribution in [3.8, 4) is 0 Å². The molecule has 5 N–H and O–H groups in total. The van der Waals surface area contributed by atoms with Crippen LogP contribution in [0, 0.1) is 30.6 Å². The fourth-order valence-corrected chi connectivity index (χ4v) is 8.60. The number of methoxy groups -OCH3 is 2. The van der Waals surface area contributed by atoms with E-state index in [1.807, 2.05) is 72.7 Å². The summed E-state index contributed by atoms with van der Waals surface area (Å²) in [4.78, 5) is 86.4. The summed E-state index contributed by atoms with van der Waals surface area (Å²) in [7, 11) is 6.31. The van der Waals surface area contributed by atoms with E-state index < -0.39 is 66.1 Å². The van der Waals surface area contributed by atoms with E-state index in [9.17, 15) is 33.9 Å². The summed E-state index contributed by atoms with van der Waals surface area (Å²) >= 11 is 0. The van der Waals surface area contributed by atoms with Crippen molar-refractivity contribution in [3.05, 3.63) is 35.4 Å². The minimum Gasteiger partial charge on any atom is -0.480 e. The number of nitrogens with zero attached hydrogens (tertiary/aromatic N) is 3. The first-order valence-corrected chi connectivity index (χ1v) is 22.2. The number of nitrogens with two attached hydrogens (primary N) is 1. The molecule has 0 saturated carbocycles. The summed E-state index contributed by atoms with van der Waals surface area (Å²) in [6.07, 6.45) is 3.20. The fraction of sp³-hybridized carbons (Fsp3) is 0.739. The Morgan fingerprint density at radius 3 is 2.05 bits per heavy atom. The van der Waals surface area contributed by atoms with Crippen LogP contribution in [0.1, 0.15) is 111 Å². The maximum Gasteiger partial charge on any atom is 0.326 e. The molecule has 1 aliphatic heterocycles. The lowest BCUT2D eigenvalue weighted by molar-refractivity contribution is -0.149. The molecule has 15 heteroatoms. The first-order chi connectivity index (χ1) is 28.7. The van der Waals surface area contributed by atoms with Crippen LogP contribution in [0.5, 0.6) is 0 Å². The minimum absolute atomic E-state index is 0.0550. The van der Waals surface area contributed by atoms with Crippen LogP contribution in [0.15, 0.2) is 24.3 Å². The summed E-state index contributed by atoms with van der Waals surface area (Å²) in [5.41, 5.74) is 7.43. The molecule has 0 radical (unpaired) electrons. The number of unbranched alkanes of at least 4 members (excludes halogenated alkanes) is 2. The first-order valence-electron chi connectivity index (χ1n) is 22.2. The molecular formula is C46H78N6O9. The van der Waals surface area contributed by atoms with Gasteiger partial charge in [0.25, 0.3) is 0 Å². The maximum absolute atomic E-state index is 14.5. The third-order valence-electron chi connectivity index (χ3n) is 12.5. The highest BCUT2D eigenvalue weighted by molar-refractivity contribution is 5.92. The third-order valence-corrected chi connectivity index (χ3v) is 12.5. The van der Waals surface area contributed by atoms with E-state index in [0.29, 0.717) is 45.2 Å². The number of carbonyl (C=O) groups is 6. The van der Waals surface area contributed by atoms with Gasteiger partial charge in [-0.25, -0.2) is 4.79 Å². The molecule has 0 bridgehead atoms. The number of likely N-dealkylation sites (N-methyl/N-ethyl adjacent to an activating group) is 2. The Morgan fingerprint density at radius 2 is 1.52 bits per heavy atom. The fourth-order valence-electron chi connectivity index (χ4n) is 8.60. The van der Waals surface area contributed by atoms with E-state index in [1.54, 1.807) is 30.8 Å². The second-order valence-electron chi connectivity index (χ2n) is 17.7. The van der Waals surface area contributed by atoms with Crippen molar-refractivity contribution in [2.45, 2.75) is 156 Å². The van der Waals surface area contributed by atoms with Crippen molar-refractivity contribution in [2.75, 3.05) is 41.4 Å². The quantitative estimate of drug-likeness (QED) is 0.0981. The van der Waals surface area contributed by atoms with Gasteiger partial charge in [-0.2, -0.15) is 0 Å². The zero-order chi connectivity index (χ0) is 46.1. The highest BCUT2D eigenvalue weighted by atomic mass is 16.5. The lowest BCUT2D eigenvalue weighted by Gasteiger charge is -2.41. The topological polar surface area (TPSA) is 201 Å². The molecule has 5 amide bonds. The Bertz CT molecular complexity index is 1570. The Kier molecular flexibility index (Phi) is 22.4. The number of aliphatic carboxylic acids is 1. The van der Waals surface area contributed by atoms with Crippen LogP contribution in [0.3, 0.4) is 0 Å². The van der Waals surface area contributed by atoms with Crippen molar-refractivity contribution in [1.82, 2.24) is 25.3 Å². The number of rotatable bonds is 26. The normalized spacial score (nSPS) is 18.1. The van der Waals surface area contributed by atoms with Crippen molar-refractivity contribution in [2.24, 2.45) is 29.4 Å². The smallest absolute Gasteiger partial charge is 0.326 e. The molecule has 15 nitrogen and oxygen atoms in total. The number of carboxylic acids is 1. The van der Waals surface area contributed by atoms with Gasteiger partial charge in [0.1, 0.15) is 18.1 Å². The zero-order valence-electron chi connectivity index (χ0n) is 39.1. The van der Waals surface area contributed by atoms with E-state index in [0.717, 1.165) is 24.0 Å². The van der Waals surface area contributed by atoms with Crippen LogP contribution in [0.4, 0.5) is 0 Å². The van der Waals surface area contributed by atoms with E-state index in [2.05, 4.69) is 10.6 Å². The van der Waals surface area contributed by atoms with Gasteiger partial charge in [0.05, 0.1) is 36.6 Å². The lowest BCUT2D eigenvalue weighted by Crippen LogP contribution is -2.60. The maximum atomic E-state index is 14.5. The van der Waals surface area contributed by atoms with Gasteiger partial charge in [-0.15, -0.1) is 0 Å². The molecular weight excluding hydrogens is 781 g/mol. The molecule has 1 aliphatic rings. The molecule has 1 saturated heterocycles. The van der Waals surface area contributed by atoms with E-state index in [1.165, 1.54) is 19.1 Å². The largest absolute Gasteiger partial charge is 0.480 e. The van der Waals surface area contributed by atoms with E-state index in [4.69, 9.17) is 15.2 Å². The molecule has 9 atom stereocenters. The van der Waals surface area contributed by atoms with Gasteiger partial charge in [-0.3, -0.25) is 24.0 Å². The molecule has 1 aromatic rings. The Balaban J connectivity index is 2.27. The monoisotopic (exact) mass is 859 g/mol. The number of hydrogen-bond donors (Lipinski definition) is 4. The van der Waals surface area contributed by atoms with Crippen LogP contribution in [-0.2, 0) is 44.7 Å². The number of nitrogens with one attached hydrogen (secondary N) is 2. The summed E-state index contributed by atoms with van der Waals surface area (Å²) in [5, 5.41) is 15.6. The SMILES string of the molecule is CC[C@H](C)[C@@H]([C@@H](CC(=O)N1CCC[C@H]1[C@H](OC)[C@@H](C)C(=O)N[C@@H](Cc1ccc(C)cc1)C(=O)O)OC)N(C)C(=O)[C@@H](NC(=O)[C@H](C(C)C)N(C)C(=O)CCCCCN)C(C)C. The third kappa shape index (κ3) is 15.1. The molecule has 1 fully saturated rings. The van der Waals surface area contributed by atoms with Crippen LogP contribution in [-0.4, -0.2) is 139 Å². The summed E-state index contributed by atoms with van der Waals surface area (Å²) in [6, 6.07) is 3.62. The van der Waals surface area contributed by atoms with Gasteiger partial charge in [-0.1, -0.05) is 91.1 Å². The zero-order valence-corrected chi connectivity index (χ0v) is 39.1. The molecule has 0 aliphatic carbocycles. The van der Waals surface area contributed by atoms with E-state index >= 15 is 0 Å². The number of aryl methyl sites for hydroxylation is 1. The average molecular weight is 859 g/mol. The Hall–Kier alpha value is -4.08. The second kappa shape index (κ2) is 25.8.